The van der Waals surface area contributed by atoms with E-state index in [0.29, 0.717) is 6.04 Å². The maximum Gasteiger partial charge on any atom is 0.138 e. The minimum absolute atomic E-state index is 0.369. The molecule has 0 aromatic carbocycles. The highest BCUT2D eigenvalue weighted by Gasteiger charge is 2.27. The molecule has 25 heavy (non-hydrogen) atoms. The maximum atomic E-state index is 4.96. The van der Waals surface area contributed by atoms with Gasteiger partial charge in [0.05, 0.1) is 11.7 Å². The van der Waals surface area contributed by atoms with Gasteiger partial charge in [0.15, 0.2) is 0 Å². The van der Waals surface area contributed by atoms with Crippen molar-refractivity contribution in [2.45, 2.75) is 38.8 Å². The zero-order chi connectivity index (χ0) is 17.1. The molecule has 1 aliphatic rings. The van der Waals surface area contributed by atoms with Crippen molar-refractivity contribution in [2.75, 3.05) is 6.54 Å². The predicted octanol–water partition coefficient (Wildman–Crippen LogP) is 3.56. The number of hydrogen-bond acceptors (Lipinski definition) is 4. The molecule has 0 radical (unpaired) electrons. The third-order valence-electron chi connectivity index (χ3n) is 4.85. The molecular formula is C20H23N5. The van der Waals surface area contributed by atoms with Gasteiger partial charge < -0.3 is 0 Å². The first kappa shape index (κ1) is 16.0. The van der Waals surface area contributed by atoms with Gasteiger partial charge in [0.1, 0.15) is 11.6 Å². The molecule has 0 aliphatic carbocycles. The molecule has 4 rings (SSSR count). The van der Waals surface area contributed by atoms with Crippen LogP contribution in [0.3, 0.4) is 0 Å². The van der Waals surface area contributed by atoms with Gasteiger partial charge in [-0.3, -0.25) is 14.5 Å². The van der Waals surface area contributed by atoms with Gasteiger partial charge in [-0.1, -0.05) is 19.1 Å². The Morgan fingerprint density at radius 3 is 2.96 bits per heavy atom. The van der Waals surface area contributed by atoms with Crippen LogP contribution in [0.2, 0.25) is 0 Å². The fourth-order valence-corrected chi connectivity index (χ4v) is 3.64. The highest BCUT2D eigenvalue weighted by atomic mass is 15.2. The molecule has 0 bridgehead atoms. The van der Waals surface area contributed by atoms with Crippen molar-refractivity contribution < 1.29 is 0 Å². The summed E-state index contributed by atoms with van der Waals surface area (Å²) in [5.41, 5.74) is 2.41. The molecule has 0 spiro atoms. The number of aryl methyl sites for hydroxylation is 1. The van der Waals surface area contributed by atoms with Gasteiger partial charge in [0, 0.05) is 37.8 Å². The van der Waals surface area contributed by atoms with Crippen LogP contribution in [0.1, 0.15) is 42.9 Å². The van der Waals surface area contributed by atoms with E-state index in [1.54, 1.807) is 0 Å². The third-order valence-corrected chi connectivity index (χ3v) is 4.85. The third kappa shape index (κ3) is 3.33. The van der Waals surface area contributed by atoms with Crippen molar-refractivity contribution in [2.24, 2.45) is 0 Å². The Kier molecular flexibility index (Phi) is 4.57. The Hall–Kier alpha value is -2.53. The fraction of sp³-hybridized carbons (Fsp3) is 0.350. The molecule has 1 aliphatic heterocycles. The molecule has 0 N–H and O–H groups in total. The lowest BCUT2D eigenvalue weighted by Gasteiger charge is -2.24. The molecule has 0 amide bonds. The van der Waals surface area contributed by atoms with E-state index in [1.807, 2.05) is 30.9 Å². The molecule has 1 saturated heterocycles. The van der Waals surface area contributed by atoms with E-state index in [9.17, 15) is 0 Å². The van der Waals surface area contributed by atoms with Crippen molar-refractivity contribution in [1.29, 1.82) is 0 Å². The van der Waals surface area contributed by atoms with Gasteiger partial charge in [-0.05, 0) is 43.1 Å². The molecule has 0 saturated carbocycles. The lowest BCUT2D eigenvalue weighted by atomic mass is 10.1. The molecule has 1 fully saturated rings. The molecule has 3 aromatic rings. The zero-order valence-electron chi connectivity index (χ0n) is 14.5. The lowest BCUT2D eigenvalue weighted by molar-refractivity contribution is 0.244. The molecule has 3 aromatic heterocycles. The summed E-state index contributed by atoms with van der Waals surface area (Å²) in [5.74, 6) is 2.00. The number of hydrogen-bond donors (Lipinski definition) is 0. The summed E-state index contributed by atoms with van der Waals surface area (Å²) >= 11 is 0. The molecule has 4 heterocycles. The lowest BCUT2D eigenvalue weighted by Crippen LogP contribution is -2.23. The summed E-state index contributed by atoms with van der Waals surface area (Å²) in [6, 6.07) is 10.8. The Balaban J connectivity index is 1.59. The van der Waals surface area contributed by atoms with E-state index in [1.165, 1.54) is 12.0 Å². The zero-order valence-corrected chi connectivity index (χ0v) is 14.5. The molecule has 1 atom stereocenters. The van der Waals surface area contributed by atoms with Crippen LogP contribution in [0.4, 0.5) is 0 Å². The van der Waals surface area contributed by atoms with Crippen molar-refractivity contribution in [3.05, 3.63) is 72.2 Å². The van der Waals surface area contributed by atoms with Crippen LogP contribution in [-0.4, -0.2) is 31.0 Å². The minimum atomic E-state index is 0.369. The summed E-state index contributed by atoms with van der Waals surface area (Å²) < 4.78 is 2.09. The summed E-state index contributed by atoms with van der Waals surface area (Å²) in [7, 11) is 0. The number of likely N-dealkylation sites (tertiary alicyclic amines) is 1. The Morgan fingerprint density at radius 2 is 2.12 bits per heavy atom. The number of aromatic nitrogens is 4. The Labute approximate surface area is 148 Å². The smallest absolute Gasteiger partial charge is 0.138 e. The Bertz CT molecular complexity index is 827. The summed E-state index contributed by atoms with van der Waals surface area (Å²) in [6.07, 6.45) is 10.9. The molecule has 0 unspecified atom stereocenters. The van der Waals surface area contributed by atoms with E-state index in [4.69, 9.17) is 4.98 Å². The van der Waals surface area contributed by atoms with Crippen molar-refractivity contribution >= 4 is 0 Å². The minimum Gasteiger partial charge on any atom is -0.290 e. The number of nitrogens with zero attached hydrogens (tertiary/aromatic N) is 5. The van der Waals surface area contributed by atoms with E-state index in [-0.39, 0.29) is 0 Å². The van der Waals surface area contributed by atoms with E-state index in [0.717, 1.165) is 43.3 Å². The van der Waals surface area contributed by atoms with Gasteiger partial charge in [-0.2, -0.15) is 0 Å². The SMILES string of the molecule is CCc1nccn1-c1cccc([C@@H]2CCCN2Cc2cccnc2)n1. The maximum absolute atomic E-state index is 4.96. The molecule has 128 valence electrons. The van der Waals surface area contributed by atoms with Gasteiger partial charge in [0.25, 0.3) is 0 Å². The number of pyridine rings is 2. The van der Waals surface area contributed by atoms with Gasteiger partial charge in [-0.15, -0.1) is 0 Å². The van der Waals surface area contributed by atoms with Crippen LogP contribution in [0.25, 0.3) is 5.82 Å². The highest BCUT2D eigenvalue weighted by Crippen LogP contribution is 2.32. The van der Waals surface area contributed by atoms with Crippen LogP contribution in [0, 0.1) is 0 Å². The molecule has 5 heteroatoms. The van der Waals surface area contributed by atoms with E-state index in [2.05, 4.69) is 50.6 Å². The standard InChI is InChI=1S/C20H23N5/c1-2-19-22-11-13-25(19)20-9-3-7-17(23-20)18-8-5-12-24(18)15-16-6-4-10-21-14-16/h3-4,6-7,9-11,13-14,18H,2,5,8,12,15H2,1H3/t18-/m0/s1. The summed E-state index contributed by atoms with van der Waals surface area (Å²) in [6.45, 7) is 4.15. The molecular weight excluding hydrogens is 310 g/mol. The monoisotopic (exact) mass is 333 g/mol. The van der Waals surface area contributed by atoms with Crippen molar-refractivity contribution in [1.82, 2.24) is 24.4 Å². The topological polar surface area (TPSA) is 46.8 Å². The molecule has 5 nitrogen and oxygen atoms in total. The average Bonchev–Trinajstić information content (AvgIpc) is 3.32. The highest BCUT2D eigenvalue weighted by molar-refractivity contribution is 5.28. The van der Waals surface area contributed by atoms with Gasteiger partial charge in [0.2, 0.25) is 0 Å². The van der Waals surface area contributed by atoms with Gasteiger partial charge in [-0.25, -0.2) is 9.97 Å². The average molecular weight is 333 g/mol. The number of imidazole rings is 1. The second-order valence-electron chi connectivity index (χ2n) is 6.48. The summed E-state index contributed by atoms with van der Waals surface area (Å²) in [5, 5.41) is 0. The van der Waals surface area contributed by atoms with Crippen LogP contribution in [-0.2, 0) is 13.0 Å². The second kappa shape index (κ2) is 7.15. The number of rotatable bonds is 5. The summed E-state index contributed by atoms with van der Waals surface area (Å²) in [4.78, 5) is 16.1. The van der Waals surface area contributed by atoms with Crippen molar-refractivity contribution in [3.8, 4) is 5.82 Å². The normalized spacial score (nSPS) is 17.9. The predicted molar refractivity (Wildman–Crippen MR) is 97.4 cm³/mol. The second-order valence-corrected chi connectivity index (χ2v) is 6.48. The Morgan fingerprint density at radius 1 is 1.16 bits per heavy atom. The van der Waals surface area contributed by atoms with Crippen LogP contribution >= 0.6 is 0 Å². The first-order valence-electron chi connectivity index (χ1n) is 8.97. The van der Waals surface area contributed by atoms with Crippen LogP contribution in [0.15, 0.2) is 55.1 Å². The quantitative estimate of drug-likeness (QED) is 0.716. The largest absolute Gasteiger partial charge is 0.290 e. The van der Waals surface area contributed by atoms with E-state index < -0.39 is 0 Å². The van der Waals surface area contributed by atoms with E-state index >= 15 is 0 Å². The van der Waals surface area contributed by atoms with Crippen LogP contribution in [0.5, 0.6) is 0 Å². The first-order chi connectivity index (χ1) is 12.3. The van der Waals surface area contributed by atoms with Gasteiger partial charge >= 0.3 is 0 Å². The van der Waals surface area contributed by atoms with Crippen molar-refractivity contribution in [3.63, 3.8) is 0 Å². The fourth-order valence-electron chi connectivity index (χ4n) is 3.64. The first-order valence-corrected chi connectivity index (χ1v) is 8.97. The van der Waals surface area contributed by atoms with Crippen LogP contribution < -0.4 is 0 Å².